The van der Waals surface area contributed by atoms with E-state index < -0.39 is 5.82 Å². The van der Waals surface area contributed by atoms with E-state index in [1.165, 1.54) is 16.7 Å². The van der Waals surface area contributed by atoms with Gasteiger partial charge in [0, 0.05) is 24.2 Å². The molecule has 4 heteroatoms. The van der Waals surface area contributed by atoms with Gasteiger partial charge in [0.15, 0.2) is 0 Å². The minimum atomic E-state index is -0.426. The minimum absolute atomic E-state index is 0.145. The molecule has 1 heterocycles. The number of rotatable bonds is 4. The van der Waals surface area contributed by atoms with Gasteiger partial charge in [-0.3, -0.25) is 4.79 Å². The molecule has 1 aromatic heterocycles. The molecule has 0 aliphatic heterocycles. The smallest absolute Gasteiger partial charge is 0.250 e. The summed E-state index contributed by atoms with van der Waals surface area (Å²) < 4.78 is 21.1. The predicted octanol–water partition coefficient (Wildman–Crippen LogP) is 3.08. The van der Waals surface area contributed by atoms with E-state index in [1.54, 1.807) is 31.2 Å². The van der Waals surface area contributed by atoms with E-state index in [9.17, 15) is 9.18 Å². The van der Waals surface area contributed by atoms with Crippen LogP contribution in [0.15, 0.2) is 41.2 Å². The van der Waals surface area contributed by atoms with Crippen molar-refractivity contribution in [2.75, 3.05) is 6.61 Å². The first-order chi connectivity index (χ1) is 10.2. The van der Waals surface area contributed by atoms with Crippen molar-refractivity contribution in [2.24, 2.45) is 0 Å². The quantitative estimate of drug-likeness (QED) is 0.808. The first-order valence-electron chi connectivity index (χ1n) is 6.69. The topological polar surface area (TPSA) is 31.2 Å². The zero-order chi connectivity index (χ0) is 15.2. The Hall–Kier alpha value is -2.54. The molecule has 0 radical (unpaired) electrons. The van der Waals surface area contributed by atoms with Gasteiger partial charge in [-0.2, -0.15) is 0 Å². The highest BCUT2D eigenvalue weighted by atomic mass is 19.1. The maximum absolute atomic E-state index is 14.3. The maximum atomic E-state index is 14.3. The van der Waals surface area contributed by atoms with Crippen molar-refractivity contribution in [1.29, 1.82) is 0 Å². The van der Waals surface area contributed by atoms with E-state index in [-0.39, 0.29) is 12.2 Å². The Bertz CT molecular complexity index is 753. The molecule has 3 nitrogen and oxygen atoms in total. The molecule has 0 atom stereocenters. The standard InChI is InChI=1S/C17H16FNO2/c1-3-5-11-21-13-9-10-14(15(18)12-13)16-7-6-8-17(20)19(16)4-2/h6-10,12H,4,11H2,1-2H3. The molecule has 0 saturated heterocycles. The van der Waals surface area contributed by atoms with Crippen LogP contribution in [-0.2, 0) is 6.54 Å². The van der Waals surface area contributed by atoms with Crippen LogP contribution in [-0.4, -0.2) is 11.2 Å². The molecule has 108 valence electrons. The molecule has 1 aromatic carbocycles. The monoisotopic (exact) mass is 285 g/mol. The van der Waals surface area contributed by atoms with E-state index in [0.717, 1.165) is 0 Å². The first kappa shape index (κ1) is 14.9. The summed E-state index contributed by atoms with van der Waals surface area (Å²) in [7, 11) is 0. The van der Waals surface area contributed by atoms with Gasteiger partial charge in [0.25, 0.3) is 5.56 Å². The molecule has 0 amide bonds. The summed E-state index contributed by atoms with van der Waals surface area (Å²) in [5.74, 6) is 5.44. The maximum Gasteiger partial charge on any atom is 0.250 e. The van der Waals surface area contributed by atoms with Crippen LogP contribution < -0.4 is 10.3 Å². The Labute approximate surface area is 123 Å². The fourth-order valence-electron chi connectivity index (χ4n) is 2.07. The second-order valence-corrected chi connectivity index (χ2v) is 4.35. The van der Waals surface area contributed by atoms with Crippen molar-refractivity contribution in [3.8, 4) is 28.8 Å². The lowest BCUT2D eigenvalue weighted by atomic mass is 10.1. The number of nitrogens with zero attached hydrogens (tertiary/aromatic N) is 1. The molecule has 0 unspecified atom stereocenters. The fourth-order valence-corrected chi connectivity index (χ4v) is 2.07. The van der Waals surface area contributed by atoms with Gasteiger partial charge < -0.3 is 9.30 Å². The SMILES string of the molecule is CC#CCOc1ccc(-c2cccc(=O)n2CC)c(F)c1. The van der Waals surface area contributed by atoms with Crippen LogP contribution in [0.25, 0.3) is 11.3 Å². The van der Waals surface area contributed by atoms with Gasteiger partial charge in [0.2, 0.25) is 0 Å². The van der Waals surface area contributed by atoms with Crippen LogP contribution in [0.4, 0.5) is 4.39 Å². The first-order valence-corrected chi connectivity index (χ1v) is 6.69. The van der Waals surface area contributed by atoms with Crippen molar-refractivity contribution in [1.82, 2.24) is 4.57 Å². The third-order valence-corrected chi connectivity index (χ3v) is 3.07. The second-order valence-electron chi connectivity index (χ2n) is 4.35. The summed E-state index contributed by atoms with van der Waals surface area (Å²) in [5, 5.41) is 0. The number of aromatic nitrogens is 1. The summed E-state index contributed by atoms with van der Waals surface area (Å²) in [6, 6.07) is 9.42. The van der Waals surface area contributed by atoms with Gasteiger partial charge in [-0.15, -0.1) is 5.92 Å². The van der Waals surface area contributed by atoms with Gasteiger partial charge in [-0.1, -0.05) is 12.0 Å². The zero-order valence-corrected chi connectivity index (χ0v) is 12.0. The fraction of sp³-hybridized carbons (Fsp3) is 0.235. The van der Waals surface area contributed by atoms with Gasteiger partial charge in [-0.25, -0.2) is 4.39 Å². The molecule has 2 rings (SSSR count). The summed E-state index contributed by atoms with van der Waals surface area (Å²) in [4.78, 5) is 11.8. The molecule has 0 saturated carbocycles. The molecule has 0 bridgehead atoms. The molecular formula is C17H16FNO2. The van der Waals surface area contributed by atoms with Crippen LogP contribution in [0.5, 0.6) is 5.75 Å². The Balaban J connectivity index is 2.39. The number of pyridine rings is 1. The molecule has 0 N–H and O–H groups in total. The van der Waals surface area contributed by atoms with E-state index in [1.807, 2.05) is 6.92 Å². The highest BCUT2D eigenvalue weighted by Crippen LogP contribution is 2.25. The third-order valence-electron chi connectivity index (χ3n) is 3.07. The van der Waals surface area contributed by atoms with Crippen LogP contribution in [0, 0.1) is 17.7 Å². The summed E-state index contributed by atoms with van der Waals surface area (Å²) in [5.41, 5.74) is 0.791. The van der Waals surface area contributed by atoms with Crippen LogP contribution in [0.1, 0.15) is 13.8 Å². The van der Waals surface area contributed by atoms with E-state index in [4.69, 9.17) is 4.74 Å². The van der Waals surface area contributed by atoms with Crippen molar-refractivity contribution >= 4 is 0 Å². The largest absolute Gasteiger partial charge is 0.481 e. The van der Waals surface area contributed by atoms with Gasteiger partial charge in [0.1, 0.15) is 18.2 Å². The Morgan fingerprint density at radius 1 is 1.29 bits per heavy atom. The Morgan fingerprint density at radius 2 is 2.10 bits per heavy atom. The lowest BCUT2D eigenvalue weighted by Gasteiger charge is -2.12. The van der Waals surface area contributed by atoms with E-state index in [2.05, 4.69) is 11.8 Å². The van der Waals surface area contributed by atoms with Crippen molar-refractivity contribution in [3.63, 3.8) is 0 Å². The molecule has 21 heavy (non-hydrogen) atoms. The van der Waals surface area contributed by atoms with Crippen LogP contribution >= 0.6 is 0 Å². The number of hydrogen-bond donors (Lipinski definition) is 0. The molecular weight excluding hydrogens is 269 g/mol. The number of ether oxygens (including phenoxy) is 1. The Morgan fingerprint density at radius 3 is 2.76 bits per heavy atom. The summed E-state index contributed by atoms with van der Waals surface area (Å²) in [6.45, 7) is 4.27. The van der Waals surface area contributed by atoms with E-state index >= 15 is 0 Å². The molecule has 2 aromatic rings. The number of halogens is 1. The number of benzene rings is 1. The highest BCUT2D eigenvalue weighted by Gasteiger charge is 2.10. The average Bonchev–Trinajstić information content (AvgIpc) is 2.47. The van der Waals surface area contributed by atoms with Crippen LogP contribution in [0.3, 0.4) is 0 Å². The summed E-state index contributed by atoms with van der Waals surface area (Å²) >= 11 is 0. The third kappa shape index (κ3) is 3.32. The zero-order valence-electron chi connectivity index (χ0n) is 12.0. The van der Waals surface area contributed by atoms with Gasteiger partial charge in [-0.05, 0) is 32.0 Å². The molecule has 0 spiro atoms. The molecule has 0 aliphatic carbocycles. The van der Waals surface area contributed by atoms with Gasteiger partial charge >= 0.3 is 0 Å². The average molecular weight is 285 g/mol. The molecule has 0 aliphatic rings. The van der Waals surface area contributed by atoms with E-state index in [0.29, 0.717) is 23.6 Å². The van der Waals surface area contributed by atoms with Crippen molar-refractivity contribution < 1.29 is 9.13 Å². The summed E-state index contributed by atoms with van der Waals surface area (Å²) in [6.07, 6.45) is 0. The molecule has 0 fully saturated rings. The van der Waals surface area contributed by atoms with Gasteiger partial charge in [0.05, 0.1) is 5.69 Å². The highest BCUT2D eigenvalue weighted by molar-refractivity contribution is 5.61. The predicted molar refractivity (Wildman–Crippen MR) is 80.7 cm³/mol. The van der Waals surface area contributed by atoms with Crippen molar-refractivity contribution in [3.05, 3.63) is 52.6 Å². The Kier molecular flexibility index (Phi) is 4.78. The number of hydrogen-bond acceptors (Lipinski definition) is 2. The van der Waals surface area contributed by atoms with Crippen molar-refractivity contribution in [2.45, 2.75) is 20.4 Å². The minimum Gasteiger partial charge on any atom is -0.481 e. The normalized spacial score (nSPS) is 9.86. The van der Waals surface area contributed by atoms with Crippen LogP contribution in [0.2, 0.25) is 0 Å². The second kappa shape index (κ2) is 6.76. The lowest BCUT2D eigenvalue weighted by molar-refractivity contribution is 0.368. The lowest BCUT2D eigenvalue weighted by Crippen LogP contribution is -2.19.